The molecule has 1 aromatic heterocycles. The van der Waals surface area contributed by atoms with Crippen LogP contribution in [0.15, 0.2) is 27.2 Å². The van der Waals surface area contributed by atoms with Gasteiger partial charge in [0.05, 0.1) is 24.3 Å². The second kappa shape index (κ2) is 6.43. The van der Waals surface area contributed by atoms with Crippen molar-refractivity contribution in [3.8, 4) is 11.5 Å². The smallest absolute Gasteiger partial charge is 0.262 e. The lowest BCUT2D eigenvalue weighted by Crippen LogP contribution is -2.20. The Kier molecular flexibility index (Phi) is 4.85. The molecule has 108 valence electrons. The highest BCUT2D eigenvalue weighted by atomic mass is 79.9. The van der Waals surface area contributed by atoms with Crippen molar-refractivity contribution >= 4 is 15.9 Å². The number of ether oxygens (including phenoxy) is 1. The summed E-state index contributed by atoms with van der Waals surface area (Å²) in [5.74, 6) is -0.0673. The maximum Gasteiger partial charge on any atom is 0.262 e. The number of benzene rings is 1. The number of hydrogen-bond acceptors (Lipinski definition) is 5. The van der Waals surface area contributed by atoms with Crippen LogP contribution in [-0.2, 0) is 4.74 Å². The van der Waals surface area contributed by atoms with Crippen LogP contribution < -0.4 is 5.73 Å². The number of nitrogens with zero attached hydrogens (tertiary/aromatic N) is 2. The van der Waals surface area contributed by atoms with Crippen molar-refractivity contribution < 1.29 is 13.7 Å². The molecule has 2 rings (SSSR count). The van der Waals surface area contributed by atoms with E-state index in [9.17, 15) is 4.39 Å². The molecule has 0 saturated heterocycles. The number of nitrogens with two attached hydrogens (primary N) is 1. The van der Waals surface area contributed by atoms with Gasteiger partial charge in [-0.2, -0.15) is 4.98 Å². The average molecular weight is 344 g/mol. The molecular weight excluding hydrogens is 329 g/mol. The van der Waals surface area contributed by atoms with Gasteiger partial charge in [-0.05, 0) is 41.9 Å². The Labute approximate surface area is 124 Å². The molecule has 0 fully saturated rings. The Hall–Kier alpha value is -1.31. The van der Waals surface area contributed by atoms with E-state index in [2.05, 4.69) is 26.1 Å². The third-order valence-electron chi connectivity index (χ3n) is 2.56. The van der Waals surface area contributed by atoms with Gasteiger partial charge in [-0.1, -0.05) is 11.2 Å². The maximum absolute atomic E-state index is 13.8. The van der Waals surface area contributed by atoms with E-state index >= 15 is 0 Å². The van der Waals surface area contributed by atoms with Gasteiger partial charge in [-0.25, -0.2) is 4.39 Å². The lowest BCUT2D eigenvalue weighted by Gasteiger charge is -2.10. The zero-order chi connectivity index (χ0) is 14.7. The van der Waals surface area contributed by atoms with Crippen molar-refractivity contribution in [2.45, 2.75) is 26.0 Å². The lowest BCUT2D eigenvalue weighted by molar-refractivity contribution is 0.0665. The Bertz CT molecular complexity index is 568. The van der Waals surface area contributed by atoms with E-state index < -0.39 is 11.9 Å². The van der Waals surface area contributed by atoms with E-state index in [4.69, 9.17) is 15.0 Å². The molecule has 1 unspecified atom stereocenters. The van der Waals surface area contributed by atoms with E-state index in [1.807, 2.05) is 13.8 Å². The fourth-order valence-corrected chi connectivity index (χ4v) is 2.07. The van der Waals surface area contributed by atoms with Gasteiger partial charge in [-0.15, -0.1) is 0 Å². The van der Waals surface area contributed by atoms with Crippen LogP contribution in [0.5, 0.6) is 0 Å². The van der Waals surface area contributed by atoms with Crippen molar-refractivity contribution in [3.05, 3.63) is 34.3 Å². The van der Waals surface area contributed by atoms with E-state index in [0.29, 0.717) is 4.47 Å². The van der Waals surface area contributed by atoms with E-state index in [0.717, 1.165) is 0 Å². The molecule has 1 heterocycles. The predicted octanol–water partition coefficient (Wildman–Crippen LogP) is 3.06. The summed E-state index contributed by atoms with van der Waals surface area (Å²) in [4.78, 5) is 4.13. The van der Waals surface area contributed by atoms with E-state index in [1.165, 1.54) is 6.07 Å². The van der Waals surface area contributed by atoms with Crippen LogP contribution in [0.2, 0.25) is 0 Å². The Morgan fingerprint density at radius 3 is 2.85 bits per heavy atom. The number of hydrogen-bond donors (Lipinski definition) is 1. The zero-order valence-corrected chi connectivity index (χ0v) is 12.7. The van der Waals surface area contributed by atoms with Crippen LogP contribution in [-0.4, -0.2) is 22.9 Å². The quantitative estimate of drug-likeness (QED) is 0.902. The van der Waals surface area contributed by atoms with Gasteiger partial charge in [0, 0.05) is 4.47 Å². The first-order valence-corrected chi connectivity index (χ1v) is 6.93. The molecule has 0 aliphatic heterocycles. The normalized spacial score (nSPS) is 12.9. The summed E-state index contributed by atoms with van der Waals surface area (Å²) in [5, 5.41) is 3.77. The highest BCUT2D eigenvalue weighted by molar-refractivity contribution is 9.10. The van der Waals surface area contributed by atoms with Crippen molar-refractivity contribution in [1.29, 1.82) is 0 Å². The summed E-state index contributed by atoms with van der Waals surface area (Å²) in [7, 11) is 0. The molecule has 0 amide bonds. The van der Waals surface area contributed by atoms with Crippen LogP contribution in [0.1, 0.15) is 25.7 Å². The van der Waals surface area contributed by atoms with Crippen LogP contribution >= 0.6 is 15.9 Å². The fraction of sp³-hybridized carbons (Fsp3) is 0.385. The maximum atomic E-state index is 13.8. The summed E-state index contributed by atoms with van der Waals surface area (Å²) < 4.78 is 24.8. The first-order chi connectivity index (χ1) is 9.49. The topological polar surface area (TPSA) is 74.2 Å². The van der Waals surface area contributed by atoms with E-state index in [-0.39, 0.29) is 30.0 Å². The SMILES string of the molecule is CC(C)OCC(N)c1noc(-c2c(F)cccc2Br)n1. The van der Waals surface area contributed by atoms with E-state index in [1.54, 1.807) is 12.1 Å². The minimum atomic E-state index is -0.513. The Balaban J connectivity index is 2.20. The minimum absolute atomic E-state index is 0.0631. The Morgan fingerprint density at radius 1 is 1.45 bits per heavy atom. The summed E-state index contributed by atoms with van der Waals surface area (Å²) in [6.45, 7) is 4.09. The van der Waals surface area contributed by atoms with Crippen molar-refractivity contribution in [2.75, 3.05) is 6.61 Å². The molecule has 0 bridgehead atoms. The standard InChI is InChI=1S/C13H15BrFN3O2/c1-7(2)19-6-10(16)12-17-13(20-18-12)11-8(14)4-3-5-9(11)15/h3-5,7,10H,6,16H2,1-2H3. The molecule has 5 nitrogen and oxygen atoms in total. The predicted molar refractivity (Wildman–Crippen MR) is 75.4 cm³/mol. The Morgan fingerprint density at radius 2 is 2.20 bits per heavy atom. The summed E-state index contributed by atoms with van der Waals surface area (Å²) >= 11 is 3.26. The van der Waals surface area contributed by atoms with Gasteiger partial charge in [0.2, 0.25) is 0 Å². The molecule has 2 aromatic rings. The van der Waals surface area contributed by atoms with Gasteiger partial charge >= 0.3 is 0 Å². The molecule has 2 N–H and O–H groups in total. The monoisotopic (exact) mass is 343 g/mol. The first-order valence-electron chi connectivity index (χ1n) is 6.14. The minimum Gasteiger partial charge on any atom is -0.377 e. The van der Waals surface area contributed by atoms with Crippen LogP contribution in [0.4, 0.5) is 4.39 Å². The molecule has 20 heavy (non-hydrogen) atoms. The van der Waals surface area contributed by atoms with Crippen LogP contribution in [0.25, 0.3) is 11.5 Å². The third kappa shape index (κ3) is 3.41. The molecule has 1 aromatic carbocycles. The molecule has 0 radical (unpaired) electrons. The molecule has 0 saturated carbocycles. The molecule has 1 atom stereocenters. The van der Waals surface area contributed by atoms with Crippen molar-refractivity contribution in [1.82, 2.24) is 10.1 Å². The van der Waals surface area contributed by atoms with Gasteiger partial charge in [-0.3, -0.25) is 0 Å². The number of rotatable bonds is 5. The lowest BCUT2D eigenvalue weighted by atomic mass is 10.2. The second-order valence-corrected chi connectivity index (χ2v) is 5.40. The van der Waals surface area contributed by atoms with Crippen molar-refractivity contribution in [2.24, 2.45) is 5.73 Å². The summed E-state index contributed by atoms with van der Waals surface area (Å²) in [5.41, 5.74) is 6.12. The average Bonchev–Trinajstić information content (AvgIpc) is 2.85. The highest BCUT2D eigenvalue weighted by Crippen LogP contribution is 2.29. The molecule has 0 spiro atoms. The second-order valence-electron chi connectivity index (χ2n) is 4.54. The molecule has 0 aliphatic carbocycles. The molecular formula is C13H15BrFN3O2. The summed E-state index contributed by atoms with van der Waals surface area (Å²) in [6.07, 6.45) is 0.0631. The van der Waals surface area contributed by atoms with Crippen LogP contribution in [0, 0.1) is 5.82 Å². The van der Waals surface area contributed by atoms with Gasteiger partial charge in [0.25, 0.3) is 5.89 Å². The van der Waals surface area contributed by atoms with Gasteiger partial charge in [0.1, 0.15) is 5.82 Å². The number of aromatic nitrogens is 2. The molecule has 0 aliphatic rings. The number of halogens is 2. The van der Waals surface area contributed by atoms with Gasteiger partial charge in [0.15, 0.2) is 5.82 Å². The largest absolute Gasteiger partial charge is 0.377 e. The van der Waals surface area contributed by atoms with Crippen LogP contribution in [0.3, 0.4) is 0 Å². The summed E-state index contributed by atoms with van der Waals surface area (Å²) in [6, 6.07) is 4.10. The fourth-order valence-electron chi connectivity index (χ4n) is 1.56. The zero-order valence-electron chi connectivity index (χ0n) is 11.1. The third-order valence-corrected chi connectivity index (χ3v) is 3.22. The highest BCUT2D eigenvalue weighted by Gasteiger charge is 2.19. The van der Waals surface area contributed by atoms with Gasteiger partial charge < -0.3 is 15.0 Å². The molecule has 7 heteroatoms. The first kappa shape index (κ1) is 15.1. The van der Waals surface area contributed by atoms with Crippen molar-refractivity contribution in [3.63, 3.8) is 0 Å².